The van der Waals surface area contributed by atoms with E-state index in [0.29, 0.717) is 37.4 Å². The lowest BCUT2D eigenvalue weighted by Crippen LogP contribution is -2.40. The van der Waals surface area contributed by atoms with Crippen LogP contribution in [0.4, 0.5) is 5.69 Å². The second kappa shape index (κ2) is 9.76. The van der Waals surface area contributed by atoms with Gasteiger partial charge in [0.1, 0.15) is 17.1 Å². The zero-order valence-corrected chi connectivity index (χ0v) is 22.0. The first kappa shape index (κ1) is 24.6. The molecule has 0 saturated carbocycles. The number of methoxy groups -OCH3 is 1. The molecule has 4 aromatic rings. The third kappa shape index (κ3) is 4.34. The van der Waals surface area contributed by atoms with Gasteiger partial charge in [-0.1, -0.05) is 23.2 Å². The van der Waals surface area contributed by atoms with Crippen molar-refractivity contribution >= 4 is 56.3 Å². The van der Waals surface area contributed by atoms with E-state index in [2.05, 4.69) is 5.32 Å². The van der Waals surface area contributed by atoms with E-state index in [1.165, 1.54) is 23.0 Å². The summed E-state index contributed by atoms with van der Waals surface area (Å²) in [6.45, 7) is 1.55. The van der Waals surface area contributed by atoms with Crippen LogP contribution in [0.1, 0.15) is 28.8 Å². The maximum atomic E-state index is 13.7. The standard InChI is InChI=1S/C26H23Cl2N3O4S/c1-14-11-19(20(35-2)12-18(14)28)29-22(32)13-30-25-23(17-5-3-4-6-21(17)36-25)24(33)31(26(30)34)16-9-7-15(27)8-10-16/h7-12H,3-6,13H2,1-2H3,(H,29,32). The van der Waals surface area contributed by atoms with Crippen molar-refractivity contribution in [1.82, 2.24) is 9.13 Å². The molecule has 0 bridgehead atoms. The van der Waals surface area contributed by atoms with Gasteiger partial charge in [0.05, 0.1) is 23.9 Å². The van der Waals surface area contributed by atoms with Gasteiger partial charge in [-0.15, -0.1) is 11.3 Å². The number of amides is 1. The van der Waals surface area contributed by atoms with Gasteiger partial charge in [0.2, 0.25) is 5.91 Å². The molecule has 0 radical (unpaired) electrons. The lowest BCUT2D eigenvalue weighted by molar-refractivity contribution is -0.116. The van der Waals surface area contributed by atoms with Gasteiger partial charge in [0.25, 0.3) is 5.56 Å². The largest absolute Gasteiger partial charge is 0.495 e. The molecule has 10 heteroatoms. The normalized spacial score (nSPS) is 13.0. The van der Waals surface area contributed by atoms with Crippen molar-refractivity contribution in [3.05, 3.63) is 83.3 Å². The monoisotopic (exact) mass is 543 g/mol. The van der Waals surface area contributed by atoms with E-state index in [4.69, 9.17) is 27.9 Å². The molecular formula is C26H23Cl2N3O4S. The Balaban J connectivity index is 1.65. The molecular weight excluding hydrogens is 521 g/mol. The van der Waals surface area contributed by atoms with Gasteiger partial charge in [0.15, 0.2) is 0 Å². The number of hydrogen-bond acceptors (Lipinski definition) is 5. The van der Waals surface area contributed by atoms with E-state index in [9.17, 15) is 14.4 Å². The maximum absolute atomic E-state index is 13.7. The Morgan fingerprint density at radius 1 is 1.11 bits per heavy atom. The number of fused-ring (bicyclic) bond motifs is 3. The van der Waals surface area contributed by atoms with Crippen molar-refractivity contribution in [2.75, 3.05) is 12.4 Å². The van der Waals surface area contributed by atoms with Crippen molar-refractivity contribution in [2.45, 2.75) is 39.2 Å². The highest BCUT2D eigenvalue weighted by Gasteiger charge is 2.25. The molecule has 36 heavy (non-hydrogen) atoms. The zero-order chi connectivity index (χ0) is 25.6. The Bertz CT molecular complexity index is 1620. The molecule has 1 N–H and O–H groups in total. The highest BCUT2D eigenvalue weighted by atomic mass is 35.5. The Morgan fingerprint density at radius 2 is 1.83 bits per heavy atom. The Hall–Kier alpha value is -3.07. The average molecular weight is 544 g/mol. The van der Waals surface area contributed by atoms with Crippen molar-refractivity contribution < 1.29 is 9.53 Å². The number of halogens is 2. The number of rotatable bonds is 5. The van der Waals surface area contributed by atoms with Gasteiger partial charge >= 0.3 is 5.69 Å². The van der Waals surface area contributed by atoms with E-state index in [-0.39, 0.29) is 12.1 Å². The highest BCUT2D eigenvalue weighted by molar-refractivity contribution is 7.18. The van der Waals surface area contributed by atoms with Crippen LogP contribution in [0, 0.1) is 6.92 Å². The fraction of sp³-hybridized carbons (Fsp3) is 0.269. The molecule has 0 spiro atoms. The number of hydrogen-bond donors (Lipinski definition) is 1. The maximum Gasteiger partial charge on any atom is 0.337 e. The number of thiophene rings is 1. The molecule has 0 saturated heterocycles. The van der Waals surface area contributed by atoms with Crippen LogP contribution in [0.15, 0.2) is 46.0 Å². The first-order valence-corrected chi connectivity index (χ1v) is 13.1. The van der Waals surface area contributed by atoms with Crippen LogP contribution in [-0.2, 0) is 24.2 Å². The summed E-state index contributed by atoms with van der Waals surface area (Å²) in [5, 5.41) is 4.35. The fourth-order valence-electron chi connectivity index (χ4n) is 4.59. The van der Waals surface area contributed by atoms with Crippen LogP contribution in [0.25, 0.3) is 15.9 Å². The van der Waals surface area contributed by atoms with Crippen molar-refractivity contribution in [3.63, 3.8) is 0 Å². The van der Waals surface area contributed by atoms with Crippen LogP contribution in [0.5, 0.6) is 5.75 Å². The van der Waals surface area contributed by atoms with Gasteiger partial charge in [-0.3, -0.25) is 14.2 Å². The molecule has 2 heterocycles. The molecule has 0 aliphatic heterocycles. The summed E-state index contributed by atoms with van der Waals surface area (Å²) in [5.74, 6) is -0.0136. The summed E-state index contributed by atoms with van der Waals surface area (Å²) in [6, 6.07) is 9.86. The molecule has 1 aliphatic carbocycles. The minimum Gasteiger partial charge on any atom is -0.495 e. The minimum absolute atomic E-state index is 0.270. The number of carbonyl (C=O) groups excluding carboxylic acids is 1. The van der Waals surface area contributed by atoms with E-state index in [0.717, 1.165) is 46.3 Å². The number of aromatic nitrogens is 2. The predicted molar refractivity (Wildman–Crippen MR) is 145 cm³/mol. The molecule has 7 nitrogen and oxygen atoms in total. The van der Waals surface area contributed by atoms with E-state index in [1.807, 2.05) is 6.92 Å². The van der Waals surface area contributed by atoms with Gasteiger partial charge in [0, 0.05) is 21.0 Å². The molecule has 1 aliphatic rings. The molecule has 1 amide bonds. The van der Waals surface area contributed by atoms with E-state index < -0.39 is 11.6 Å². The number of anilines is 1. The molecule has 0 unspecified atom stereocenters. The summed E-state index contributed by atoms with van der Waals surface area (Å²) < 4.78 is 7.88. The summed E-state index contributed by atoms with van der Waals surface area (Å²) in [4.78, 5) is 42.2. The number of ether oxygens (including phenoxy) is 1. The molecule has 0 fully saturated rings. The Labute approximate surface area is 220 Å². The summed E-state index contributed by atoms with van der Waals surface area (Å²) in [5.41, 5.74) is 1.65. The molecule has 2 aromatic carbocycles. The average Bonchev–Trinajstić information content (AvgIpc) is 3.25. The van der Waals surface area contributed by atoms with Crippen LogP contribution in [0.2, 0.25) is 10.0 Å². The SMILES string of the molecule is COc1cc(Cl)c(C)cc1NC(=O)Cn1c(=O)n(-c2ccc(Cl)cc2)c(=O)c2c3c(sc21)CCCC3. The third-order valence-electron chi connectivity index (χ3n) is 6.38. The number of nitrogens with one attached hydrogen (secondary N) is 1. The predicted octanol–water partition coefficient (Wildman–Crippen LogP) is 5.36. The number of benzene rings is 2. The fourth-order valence-corrected chi connectivity index (χ4v) is 6.24. The van der Waals surface area contributed by atoms with Crippen molar-refractivity contribution in [1.29, 1.82) is 0 Å². The van der Waals surface area contributed by atoms with Crippen LogP contribution < -0.4 is 21.3 Å². The van der Waals surface area contributed by atoms with Gasteiger partial charge < -0.3 is 10.1 Å². The molecule has 2 aromatic heterocycles. The first-order chi connectivity index (χ1) is 17.3. The van der Waals surface area contributed by atoms with Gasteiger partial charge in [-0.25, -0.2) is 9.36 Å². The number of aryl methyl sites for hydroxylation is 3. The second-order valence-electron chi connectivity index (χ2n) is 8.73. The molecule has 186 valence electrons. The molecule has 5 rings (SSSR count). The number of nitrogens with zero attached hydrogens (tertiary/aromatic N) is 2. The quantitative estimate of drug-likeness (QED) is 0.367. The zero-order valence-electron chi connectivity index (χ0n) is 19.7. The topological polar surface area (TPSA) is 82.3 Å². The van der Waals surface area contributed by atoms with Gasteiger partial charge in [-0.05, 0) is 74.1 Å². The lowest BCUT2D eigenvalue weighted by atomic mass is 9.97. The summed E-state index contributed by atoms with van der Waals surface area (Å²) in [7, 11) is 1.49. The van der Waals surface area contributed by atoms with Crippen molar-refractivity contribution in [2.24, 2.45) is 0 Å². The van der Waals surface area contributed by atoms with Crippen LogP contribution in [-0.4, -0.2) is 22.2 Å². The minimum atomic E-state index is -0.581. The second-order valence-corrected chi connectivity index (χ2v) is 10.7. The first-order valence-electron chi connectivity index (χ1n) is 11.5. The van der Waals surface area contributed by atoms with Gasteiger partial charge in [-0.2, -0.15) is 0 Å². The lowest BCUT2D eigenvalue weighted by Gasteiger charge is -2.15. The number of carbonyl (C=O) groups is 1. The highest BCUT2D eigenvalue weighted by Crippen LogP contribution is 2.35. The third-order valence-corrected chi connectivity index (χ3v) is 8.35. The summed E-state index contributed by atoms with van der Waals surface area (Å²) in [6.07, 6.45) is 3.65. The van der Waals surface area contributed by atoms with E-state index in [1.54, 1.807) is 36.4 Å². The molecule has 0 atom stereocenters. The van der Waals surface area contributed by atoms with Crippen LogP contribution >= 0.6 is 34.5 Å². The van der Waals surface area contributed by atoms with Crippen LogP contribution in [0.3, 0.4) is 0 Å². The van der Waals surface area contributed by atoms with Crippen molar-refractivity contribution in [3.8, 4) is 11.4 Å². The van der Waals surface area contributed by atoms with E-state index >= 15 is 0 Å². The smallest absolute Gasteiger partial charge is 0.337 e. The Kier molecular flexibility index (Phi) is 6.68. The summed E-state index contributed by atoms with van der Waals surface area (Å²) >= 11 is 13.7. The Morgan fingerprint density at radius 3 is 2.56 bits per heavy atom.